The quantitative estimate of drug-likeness (QED) is 0.730. The summed E-state index contributed by atoms with van der Waals surface area (Å²) >= 11 is 5.76. The number of aliphatic hydroxyl groups excluding tert-OH is 1. The summed E-state index contributed by atoms with van der Waals surface area (Å²) in [7, 11) is 0. The van der Waals surface area contributed by atoms with Crippen LogP contribution in [0.25, 0.3) is 0 Å². The molecule has 0 saturated carbocycles. The fourth-order valence-electron chi connectivity index (χ4n) is 1.11. The van der Waals surface area contributed by atoms with Gasteiger partial charge in [-0.2, -0.15) is 0 Å². The van der Waals surface area contributed by atoms with Gasteiger partial charge in [-0.25, -0.2) is 0 Å². The van der Waals surface area contributed by atoms with Crippen LogP contribution in [0.15, 0.2) is 24.3 Å². The zero-order valence-corrected chi connectivity index (χ0v) is 9.74. The second-order valence-corrected chi connectivity index (χ2v) is 4.06. The van der Waals surface area contributed by atoms with Crippen LogP contribution in [0.1, 0.15) is 17.3 Å². The third-order valence-electron chi connectivity index (χ3n) is 2.20. The summed E-state index contributed by atoms with van der Waals surface area (Å²) in [6, 6.07) is 6.16. The molecule has 0 aliphatic heterocycles. The lowest BCUT2D eigenvalue weighted by Crippen LogP contribution is -2.43. The largest absolute Gasteiger partial charge is 0.392 e. The smallest absolute Gasteiger partial charge is 0.251 e. The third kappa shape index (κ3) is 3.81. The molecule has 2 atom stereocenters. The van der Waals surface area contributed by atoms with Gasteiger partial charge < -0.3 is 16.2 Å². The van der Waals surface area contributed by atoms with E-state index in [0.29, 0.717) is 10.6 Å². The standard InChI is InChI=1S/C11H15ClN2O2/c1-7(15)10(13)6-14-11(16)8-3-2-4-9(12)5-8/h2-5,7,10,15H,6,13H2,1H3,(H,14,16). The molecule has 0 aliphatic rings. The Bertz CT molecular complexity index is 369. The molecule has 0 spiro atoms. The molecule has 88 valence electrons. The molecular formula is C11H15ClN2O2. The molecular weight excluding hydrogens is 228 g/mol. The maximum Gasteiger partial charge on any atom is 0.251 e. The molecule has 1 aromatic carbocycles. The van der Waals surface area contributed by atoms with Crippen molar-refractivity contribution in [3.8, 4) is 0 Å². The van der Waals surface area contributed by atoms with Crippen molar-refractivity contribution in [3.63, 3.8) is 0 Å². The lowest BCUT2D eigenvalue weighted by atomic mass is 10.2. The lowest BCUT2D eigenvalue weighted by Gasteiger charge is -2.15. The molecule has 1 amide bonds. The molecule has 0 bridgehead atoms. The normalized spacial score (nSPS) is 14.2. The molecule has 16 heavy (non-hydrogen) atoms. The fourth-order valence-corrected chi connectivity index (χ4v) is 1.30. The van der Waals surface area contributed by atoms with Gasteiger partial charge in [-0.15, -0.1) is 0 Å². The molecule has 1 rings (SSSR count). The molecule has 0 aliphatic carbocycles. The van der Waals surface area contributed by atoms with E-state index in [0.717, 1.165) is 0 Å². The van der Waals surface area contributed by atoms with E-state index in [1.165, 1.54) is 0 Å². The van der Waals surface area contributed by atoms with E-state index in [1.807, 2.05) is 0 Å². The van der Waals surface area contributed by atoms with E-state index >= 15 is 0 Å². The number of hydrogen-bond donors (Lipinski definition) is 3. The second kappa shape index (κ2) is 5.84. The minimum absolute atomic E-state index is 0.225. The maximum absolute atomic E-state index is 11.6. The first-order valence-electron chi connectivity index (χ1n) is 4.98. The van der Waals surface area contributed by atoms with Crippen LogP contribution in [0, 0.1) is 0 Å². The third-order valence-corrected chi connectivity index (χ3v) is 2.44. The van der Waals surface area contributed by atoms with Gasteiger partial charge in [0.2, 0.25) is 0 Å². The summed E-state index contributed by atoms with van der Waals surface area (Å²) < 4.78 is 0. The number of carbonyl (C=O) groups is 1. The van der Waals surface area contributed by atoms with Crippen LogP contribution in [0.5, 0.6) is 0 Å². The van der Waals surface area contributed by atoms with Gasteiger partial charge in [0, 0.05) is 23.2 Å². The van der Waals surface area contributed by atoms with Crippen LogP contribution in [-0.2, 0) is 0 Å². The Morgan fingerprint density at radius 3 is 2.88 bits per heavy atom. The molecule has 4 N–H and O–H groups in total. The van der Waals surface area contributed by atoms with E-state index < -0.39 is 12.1 Å². The second-order valence-electron chi connectivity index (χ2n) is 3.62. The van der Waals surface area contributed by atoms with Gasteiger partial charge in [-0.3, -0.25) is 4.79 Å². The first-order valence-corrected chi connectivity index (χ1v) is 5.36. The summed E-state index contributed by atoms with van der Waals surface area (Å²) in [4.78, 5) is 11.6. The Morgan fingerprint density at radius 1 is 1.62 bits per heavy atom. The SMILES string of the molecule is CC(O)C(N)CNC(=O)c1cccc(Cl)c1. The number of nitrogens with two attached hydrogens (primary N) is 1. The Morgan fingerprint density at radius 2 is 2.31 bits per heavy atom. The van der Waals surface area contributed by atoms with Crippen molar-refractivity contribution in [1.82, 2.24) is 5.32 Å². The average molecular weight is 243 g/mol. The number of benzene rings is 1. The van der Waals surface area contributed by atoms with Gasteiger partial charge in [0.05, 0.1) is 6.10 Å². The van der Waals surface area contributed by atoms with Gasteiger partial charge in [-0.05, 0) is 25.1 Å². The number of carbonyl (C=O) groups excluding carboxylic acids is 1. The molecule has 2 unspecified atom stereocenters. The summed E-state index contributed by atoms with van der Waals surface area (Å²) in [6.07, 6.45) is -0.653. The number of halogens is 1. The van der Waals surface area contributed by atoms with Crippen LogP contribution < -0.4 is 11.1 Å². The van der Waals surface area contributed by atoms with Crippen molar-refractivity contribution >= 4 is 17.5 Å². The minimum Gasteiger partial charge on any atom is -0.392 e. The summed E-state index contributed by atoms with van der Waals surface area (Å²) in [5, 5.41) is 12.3. The highest BCUT2D eigenvalue weighted by Gasteiger charge is 2.11. The lowest BCUT2D eigenvalue weighted by molar-refractivity contribution is 0.0937. The highest BCUT2D eigenvalue weighted by Crippen LogP contribution is 2.10. The number of nitrogens with one attached hydrogen (secondary N) is 1. The van der Waals surface area contributed by atoms with Crippen molar-refractivity contribution < 1.29 is 9.90 Å². The van der Waals surface area contributed by atoms with E-state index in [9.17, 15) is 4.79 Å². The first kappa shape index (κ1) is 13.0. The van der Waals surface area contributed by atoms with E-state index in [2.05, 4.69) is 5.32 Å². The summed E-state index contributed by atoms with van der Waals surface area (Å²) in [6.45, 7) is 1.80. The van der Waals surface area contributed by atoms with Gasteiger partial charge in [0.15, 0.2) is 0 Å². The van der Waals surface area contributed by atoms with E-state index in [4.69, 9.17) is 22.4 Å². The molecule has 1 aromatic rings. The first-order chi connectivity index (χ1) is 7.50. The molecule has 0 radical (unpaired) electrons. The Balaban J connectivity index is 2.53. The van der Waals surface area contributed by atoms with Crippen molar-refractivity contribution in [2.75, 3.05) is 6.54 Å². The zero-order valence-electron chi connectivity index (χ0n) is 8.98. The minimum atomic E-state index is -0.653. The van der Waals surface area contributed by atoms with Gasteiger partial charge in [0.1, 0.15) is 0 Å². The van der Waals surface area contributed by atoms with E-state index in [-0.39, 0.29) is 12.5 Å². The number of rotatable bonds is 4. The van der Waals surface area contributed by atoms with Crippen molar-refractivity contribution in [3.05, 3.63) is 34.9 Å². The molecule has 0 heterocycles. The van der Waals surface area contributed by atoms with Crippen LogP contribution in [-0.4, -0.2) is 29.7 Å². The predicted octanol–water partition coefficient (Wildman–Crippen LogP) is 0.778. The number of amides is 1. The van der Waals surface area contributed by atoms with Crippen LogP contribution in [0.4, 0.5) is 0 Å². The summed E-state index contributed by atoms with van der Waals surface area (Å²) in [5.74, 6) is -0.251. The predicted molar refractivity (Wildman–Crippen MR) is 63.4 cm³/mol. The Kier molecular flexibility index (Phi) is 4.73. The van der Waals surface area contributed by atoms with Gasteiger partial charge in [-0.1, -0.05) is 17.7 Å². The highest BCUT2D eigenvalue weighted by molar-refractivity contribution is 6.30. The fraction of sp³-hybridized carbons (Fsp3) is 0.364. The van der Waals surface area contributed by atoms with Crippen LogP contribution >= 0.6 is 11.6 Å². The van der Waals surface area contributed by atoms with Crippen molar-refractivity contribution in [1.29, 1.82) is 0 Å². The van der Waals surface area contributed by atoms with Crippen molar-refractivity contribution in [2.24, 2.45) is 5.73 Å². The Hall–Kier alpha value is -1.10. The molecule has 4 nitrogen and oxygen atoms in total. The van der Waals surface area contributed by atoms with Crippen molar-refractivity contribution in [2.45, 2.75) is 19.1 Å². The van der Waals surface area contributed by atoms with Crippen LogP contribution in [0.3, 0.4) is 0 Å². The highest BCUT2D eigenvalue weighted by atomic mass is 35.5. The van der Waals surface area contributed by atoms with Crippen LogP contribution in [0.2, 0.25) is 5.02 Å². The zero-order chi connectivity index (χ0) is 12.1. The molecule has 0 fully saturated rings. The molecule has 5 heteroatoms. The Labute approximate surface area is 99.4 Å². The number of aliphatic hydroxyl groups is 1. The van der Waals surface area contributed by atoms with Gasteiger partial charge >= 0.3 is 0 Å². The topological polar surface area (TPSA) is 75.3 Å². The van der Waals surface area contributed by atoms with Gasteiger partial charge in [0.25, 0.3) is 5.91 Å². The maximum atomic E-state index is 11.6. The van der Waals surface area contributed by atoms with E-state index in [1.54, 1.807) is 31.2 Å². The number of hydrogen-bond acceptors (Lipinski definition) is 3. The monoisotopic (exact) mass is 242 g/mol. The molecule has 0 saturated heterocycles. The molecule has 0 aromatic heterocycles. The summed E-state index contributed by atoms with van der Waals surface area (Å²) in [5.41, 5.74) is 6.06. The average Bonchev–Trinajstić information content (AvgIpc) is 2.25.